The minimum absolute atomic E-state index is 0.0776. The number of rotatable bonds is 23. The molecule has 1 fully saturated rings. The third-order valence-electron chi connectivity index (χ3n) is 11.2. The number of ether oxygens (including phenoxy) is 3. The van der Waals surface area contributed by atoms with E-state index in [-0.39, 0.29) is 38.9 Å². The first-order valence-electron chi connectivity index (χ1n) is 20.4. The molecule has 0 radical (unpaired) electrons. The minimum atomic E-state index is -0.864. The number of hydrogen-bond acceptors (Lipinski definition) is 7. The number of unbranched alkanes of at least 4 members (excludes halogenated alkanes) is 2. The highest BCUT2D eigenvalue weighted by Crippen LogP contribution is 2.40. The molecule has 0 bridgehead atoms. The third-order valence-corrected chi connectivity index (χ3v) is 11.2. The van der Waals surface area contributed by atoms with Crippen molar-refractivity contribution in [2.24, 2.45) is 11.3 Å². The zero-order valence-corrected chi connectivity index (χ0v) is 33.6. The van der Waals surface area contributed by atoms with E-state index in [1.807, 2.05) is 18.2 Å². The van der Waals surface area contributed by atoms with Gasteiger partial charge < -0.3 is 24.4 Å². The van der Waals surface area contributed by atoms with Gasteiger partial charge in [-0.1, -0.05) is 83.4 Å². The van der Waals surface area contributed by atoms with Gasteiger partial charge in [-0.25, -0.2) is 9.18 Å². The molecule has 3 aromatic rings. The number of aliphatic hydroxyl groups is 2. The number of esters is 1. The van der Waals surface area contributed by atoms with Crippen LogP contribution in [0.15, 0.2) is 60.7 Å². The summed E-state index contributed by atoms with van der Waals surface area (Å²) < 4.78 is 32.7. The summed E-state index contributed by atoms with van der Waals surface area (Å²) in [6, 6.07) is 16.2. The van der Waals surface area contributed by atoms with Crippen molar-refractivity contribution < 1.29 is 38.4 Å². The second-order valence-corrected chi connectivity index (χ2v) is 15.8. The number of hydrogen-bond donors (Lipinski definition) is 2. The summed E-state index contributed by atoms with van der Waals surface area (Å²) in [6.45, 7) is 11.8. The quantitative estimate of drug-likeness (QED) is 0.0430. The largest absolute Gasteiger partial charge is 0.492 e. The Labute approximate surface area is 328 Å². The molecule has 0 heterocycles. The van der Waals surface area contributed by atoms with Gasteiger partial charge in [-0.2, -0.15) is 0 Å². The molecule has 1 saturated carbocycles. The first kappa shape index (κ1) is 43.7. The SMILES string of the molecule is C=C(C)C(=O)OCCCc1cc(-c2ccc(-c3ccc(C4CCC(CCCCC)CC4)cc3F)c(CC)c2)cc(CCCOC=O)c1OCC(C)(CO)CO. The topological polar surface area (TPSA) is 102 Å². The zero-order chi connectivity index (χ0) is 39.8. The van der Waals surface area contributed by atoms with Crippen molar-refractivity contribution in [3.8, 4) is 28.0 Å². The number of benzene rings is 3. The maximum Gasteiger partial charge on any atom is 0.333 e. The average molecular weight is 759 g/mol. The second-order valence-electron chi connectivity index (χ2n) is 15.8. The summed E-state index contributed by atoms with van der Waals surface area (Å²) in [5, 5.41) is 20.0. The Morgan fingerprint density at radius 3 is 2.13 bits per heavy atom. The van der Waals surface area contributed by atoms with E-state index < -0.39 is 11.4 Å². The summed E-state index contributed by atoms with van der Waals surface area (Å²) in [6.07, 6.45) is 12.8. The van der Waals surface area contributed by atoms with Crippen LogP contribution in [0.25, 0.3) is 22.3 Å². The van der Waals surface area contributed by atoms with Gasteiger partial charge >= 0.3 is 5.97 Å². The molecule has 0 aliphatic heterocycles. The fourth-order valence-electron chi connectivity index (χ4n) is 7.61. The maximum absolute atomic E-state index is 16.0. The molecular formula is C47H63FO7. The van der Waals surface area contributed by atoms with Gasteiger partial charge in [-0.3, -0.25) is 4.79 Å². The molecule has 2 N–H and O–H groups in total. The molecule has 8 heteroatoms. The van der Waals surface area contributed by atoms with Crippen LogP contribution >= 0.6 is 0 Å². The van der Waals surface area contributed by atoms with Crippen LogP contribution < -0.4 is 4.74 Å². The van der Waals surface area contributed by atoms with Gasteiger partial charge in [0.2, 0.25) is 0 Å². The van der Waals surface area contributed by atoms with Crippen LogP contribution in [0.2, 0.25) is 0 Å². The lowest BCUT2D eigenvalue weighted by atomic mass is 9.77. The van der Waals surface area contributed by atoms with E-state index in [0.29, 0.717) is 61.4 Å². The van der Waals surface area contributed by atoms with Crippen LogP contribution in [0.3, 0.4) is 0 Å². The normalized spacial score (nSPS) is 15.8. The summed E-state index contributed by atoms with van der Waals surface area (Å²) in [5.74, 6) is 1.23. The summed E-state index contributed by atoms with van der Waals surface area (Å²) in [5.41, 5.74) is 6.79. The molecule has 1 aliphatic rings. The van der Waals surface area contributed by atoms with Crippen molar-refractivity contribution >= 4 is 12.4 Å². The molecule has 0 unspecified atom stereocenters. The standard InChI is InChI=1S/C47H63FO7/c1-6-8-9-12-34-15-17-36(18-16-34)38-20-22-43(44(48)28-38)42-21-19-37(25-35(42)7-2)41-26-39(13-10-23-53-32-51)45(55-31-47(5,29-49)30-50)40(27-41)14-11-24-54-46(52)33(3)4/h19-22,25-28,32,34,36,49-50H,3,6-18,23-24,29-31H2,1-2,4-5H3. The third kappa shape index (κ3) is 12.5. The number of aliphatic hydroxyl groups excluding tert-OH is 2. The molecule has 55 heavy (non-hydrogen) atoms. The lowest BCUT2D eigenvalue weighted by Crippen LogP contribution is -2.33. The van der Waals surface area contributed by atoms with Gasteiger partial charge in [-0.05, 0) is 134 Å². The molecule has 0 amide bonds. The Kier molecular flexibility index (Phi) is 17.4. The smallest absolute Gasteiger partial charge is 0.333 e. The number of aryl methyl sites for hydroxylation is 3. The summed E-state index contributed by atoms with van der Waals surface area (Å²) in [7, 11) is 0. The van der Waals surface area contributed by atoms with Gasteiger partial charge in [0.25, 0.3) is 6.47 Å². The van der Waals surface area contributed by atoms with Crippen LogP contribution in [-0.2, 0) is 38.3 Å². The fraction of sp³-hybridized carbons (Fsp3) is 0.532. The predicted octanol–water partition coefficient (Wildman–Crippen LogP) is 10.1. The number of carbonyl (C=O) groups is 2. The van der Waals surface area contributed by atoms with Crippen molar-refractivity contribution in [1.82, 2.24) is 0 Å². The van der Waals surface area contributed by atoms with Crippen LogP contribution in [0.5, 0.6) is 5.75 Å². The molecule has 7 nitrogen and oxygen atoms in total. The minimum Gasteiger partial charge on any atom is -0.492 e. The van der Waals surface area contributed by atoms with Crippen molar-refractivity contribution in [2.45, 2.75) is 117 Å². The van der Waals surface area contributed by atoms with E-state index >= 15 is 4.39 Å². The molecule has 0 atom stereocenters. The predicted molar refractivity (Wildman–Crippen MR) is 218 cm³/mol. The number of halogens is 1. The molecule has 0 saturated heterocycles. The maximum atomic E-state index is 16.0. The number of carbonyl (C=O) groups excluding carboxylic acids is 2. The van der Waals surface area contributed by atoms with Gasteiger partial charge in [0, 0.05) is 16.6 Å². The highest BCUT2D eigenvalue weighted by Gasteiger charge is 2.26. The molecule has 4 rings (SSSR count). The molecule has 0 spiro atoms. The summed E-state index contributed by atoms with van der Waals surface area (Å²) >= 11 is 0. The van der Waals surface area contributed by atoms with Gasteiger partial charge in [0.05, 0.1) is 33.0 Å². The van der Waals surface area contributed by atoms with Crippen molar-refractivity contribution in [1.29, 1.82) is 0 Å². The summed E-state index contributed by atoms with van der Waals surface area (Å²) in [4.78, 5) is 22.9. The second kappa shape index (κ2) is 21.9. The molecule has 0 aromatic heterocycles. The Balaban J connectivity index is 1.65. The van der Waals surface area contributed by atoms with E-state index in [2.05, 4.69) is 44.7 Å². The first-order valence-corrected chi connectivity index (χ1v) is 20.4. The fourth-order valence-corrected chi connectivity index (χ4v) is 7.61. The van der Waals surface area contributed by atoms with Crippen LogP contribution in [0.1, 0.15) is 120 Å². The van der Waals surface area contributed by atoms with Crippen LogP contribution in [0, 0.1) is 17.2 Å². The van der Waals surface area contributed by atoms with E-state index in [9.17, 15) is 19.8 Å². The average Bonchev–Trinajstić information content (AvgIpc) is 3.20. The van der Waals surface area contributed by atoms with E-state index in [1.54, 1.807) is 19.9 Å². The molecule has 300 valence electrons. The Morgan fingerprint density at radius 1 is 0.873 bits per heavy atom. The molecule has 3 aromatic carbocycles. The Bertz CT molecular complexity index is 1700. The highest BCUT2D eigenvalue weighted by molar-refractivity contribution is 5.86. The van der Waals surface area contributed by atoms with E-state index in [4.69, 9.17) is 14.2 Å². The zero-order valence-electron chi connectivity index (χ0n) is 33.6. The Morgan fingerprint density at radius 2 is 1.53 bits per heavy atom. The van der Waals surface area contributed by atoms with Crippen molar-refractivity contribution in [3.05, 3.63) is 88.8 Å². The van der Waals surface area contributed by atoms with Gasteiger partial charge in [-0.15, -0.1) is 0 Å². The van der Waals surface area contributed by atoms with Crippen molar-refractivity contribution in [2.75, 3.05) is 33.0 Å². The monoisotopic (exact) mass is 758 g/mol. The van der Waals surface area contributed by atoms with Crippen LogP contribution in [-0.4, -0.2) is 55.7 Å². The van der Waals surface area contributed by atoms with Gasteiger partial charge in [0.1, 0.15) is 11.6 Å². The van der Waals surface area contributed by atoms with Crippen LogP contribution in [0.4, 0.5) is 4.39 Å². The molecule has 1 aliphatic carbocycles. The Hall–Kier alpha value is -4.01. The lowest BCUT2D eigenvalue weighted by molar-refractivity contribution is -0.139. The van der Waals surface area contributed by atoms with Gasteiger partial charge in [0.15, 0.2) is 0 Å². The van der Waals surface area contributed by atoms with Crippen molar-refractivity contribution in [3.63, 3.8) is 0 Å². The van der Waals surface area contributed by atoms with E-state index in [1.165, 1.54) is 38.5 Å². The highest BCUT2D eigenvalue weighted by atomic mass is 19.1. The molecular weight excluding hydrogens is 696 g/mol. The lowest BCUT2D eigenvalue weighted by Gasteiger charge is -2.29. The van der Waals surface area contributed by atoms with E-state index in [0.717, 1.165) is 57.7 Å². The first-order chi connectivity index (χ1) is 26.6.